The second-order valence-electron chi connectivity index (χ2n) is 21.6. The first-order chi connectivity index (χ1) is 34.1. The number of carbonyl (C=O) groups is 3. The molecule has 2 unspecified atom stereocenters. The Morgan fingerprint density at radius 2 is 0.800 bits per heavy atom. The summed E-state index contributed by atoms with van der Waals surface area (Å²) >= 11 is 0. The van der Waals surface area contributed by atoms with Gasteiger partial charge in [0.25, 0.3) is 0 Å². The van der Waals surface area contributed by atoms with E-state index in [2.05, 4.69) is 50.3 Å². The molecule has 0 spiro atoms. The second-order valence-corrected chi connectivity index (χ2v) is 21.6. The maximum absolute atomic E-state index is 12.8. The zero-order valence-corrected chi connectivity index (χ0v) is 47.0. The van der Waals surface area contributed by atoms with E-state index >= 15 is 0 Å². The maximum atomic E-state index is 12.8. The molecular weight excluding hydrogens is 871 g/mol. The number of allylic oxidation sites excluding steroid dienone is 6. The summed E-state index contributed by atoms with van der Waals surface area (Å²) in [7, 11) is 5.44. The molecule has 0 aromatic heterocycles. The van der Waals surface area contributed by atoms with E-state index in [4.69, 9.17) is 14.2 Å². The van der Waals surface area contributed by atoms with Gasteiger partial charge < -0.3 is 28.6 Å². The normalized spacial score (nSPS) is 13.0. The minimum absolute atomic E-state index is 0.0447. The molecule has 0 rings (SSSR count). The molecular formula is C62H115NO7. The molecule has 0 aliphatic rings. The highest BCUT2D eigenvalue weighted by atomic mass is 16.6. The lowest BCUT2D eigenvalue weighted by molar-refractivity contribution is -0.889. The molecule has 0 aliphatic carbocycles. The number of carboxylic acid groups (broad SMARTS) is 1. The molecule has 410 valence electrons. The summed E-state index contributed by atoms with van der Waals surface area (Å²) in [6, 6.07) is -0.725. The molecule has 8 nitrogen and oxygen atoms in total. The third kappa shape index (κ3) is 50.5. The summed E-state index contributed by atoms with van der Waals surface area (Å²) in [6.45, 7) is 4.61. The highest BCUT2D eigenvalue weighted by Crippen LogP contribution is 2.18. The fourth-order valence-corrected chi connectivity index (χ4v) is 9.21. The number of hydrogen-bond acceptors (Lipinski definition) is 7. The van der Waals surface area contributed by atoms with Gasteiger partial charge in [-0.3, -0.25) is 9.59 Å². The molecule has 0 aliphatic heterocycles. The van der Waals surface area contributed by atoms with E-state index in [1.807, 2.05) is 21.1 Å². The molecule has 0 aromatic carbocycles. The van der Waals surface area contributed by atoms with E-state index < -0.39 is 18.1 Å². The Kier molecular flexibility index (Phi) is 51.0. The molecule has 0 fully saturated rings. The highest BCUT2D eigenvalue weighted by molar-refractivity contribution is 5.70. The third-order valence-electron chi connectivity index (χ3n) is 13.8. The van der Waals surface area contributed by atoms with Gasteiger partial charge >= 0.3 is 11.9 Å². The van der Waals surface area contributed by atoms with E-state index in [9.17, 15) is 19.5 Å². The summed E-state index contributed by atoms with van der Waals surface area (Å²) in [5.74, 6) is -1.71. The van der Waals surface area contributed by atoms with Crippen molar-refractivity contribution in [3.63, 3.8) is 0 Å². The van der Waals surface area contributed by atoms with Crippen molar-refractivity contribution in [2.75, 3.05) is 41.0 Å². The lowest BCUT2D eigenvalue weighted by Crippen LogP contribution is -2.55. The number of esters is 2. The summed E-state index contributed by atoms with van der Waals surface area (Å²) in [5, 5.41) is 11.7. The Morgan fingerprint density at radius 3 is 1.19 bits per heavy atom. The van der Waals surface area contributed by atoms with Crippen LogP contribution in [0.5, 0.6) is 0 Å². The first-order valence-corrected chi connectivity index (χ1v) is 30.0. The molecule has 0 amide bonds. The minimum atomic E-state index is -1.12. The Balaban J connectivity index is 4.10. The van der Waals surface area contributed by atoms with Crippen molar-refractivity contribution >= 4 is 17.9 Å². The quantitative estimate of drug-likeness (QED) is 0.0259. The number of rotatable bonds is 55. The van der Waals surface area contributed by atoms with Gasteiger partial charge in [-0.25, -0.2) is 0 Å². The van der Waals surface area contributed by atoms with Crippen molar-refractivity contribution in [2.45, 2.75) is 302 Å². The number of ether oxygens (including phenoxy) is 3. The summed E-state index contributed by atoms with van der Waals surface area (Å²) < 4.78 is 17.3. The number of carboxylic acids is 1. The van der Waals surface area contributed by atoms with Gasteiger partial charge in [0, 0.05) is 19.3 Å². The monoisotopic (exact) mass is 986 g/mol. The fraction of sp³-hybridized carbons (Fsp3) is 0.855. The summed E-state index contributed by atoms with van der Waals surface area (Å²) in [4.78, 5) is 37.2. The van der Waals surface area contributed by atoms with Gasteiger partial charge in [0.1, 0.15) is 12.6 Å². The maximum Gasteiger partial charge on any atom is 0.306 e. The van der Waals surface area contributed by atoms with Crippen LogP contribution in [0.4, 0.5) is 0 Å². The summed E-state index contributed by atoms with van der Waals surface area (Å²) in [6.07, 6.45) is 64.8. The number of hydrogen-bond donors (Lipinski definition) is 0. The van der Waals surface area contributed by atoms with Crippen molar-refractivity contribution < 1.29 is 38.2 Å². The minimum Gasteiger partial charge on any atom is -0.544 e. The van der Waals surface area contributed by atoms with E-state index in [1.54, 1.807) is 0 Å². The number of aliphatic carboxylic acids is 1. The molecule has 0 saturated heterocycles. The average molecular weight is 987 g/mol. The molecule has 0 radical (unpaired) electrons. The van der Waals surface area contributed by atoms with Crippen LogP contribution in [0.1, 0.15) is 290 Å². The first-order valence-electron chi connectivity index (χ1n) is 30.0. The molecule has 8 heteroatoms. The van der Waals surface area contributed by atoms with Gasteiger partial charge in [-0.1, -0.05) is 262 Å². The highest BCUT2D eigenvalue weighted by Gasteiger charge is 2.25. The van der Waals surface area contributed by atoms with E-state index in [-0.39, 0.29) is 42.7 Å². The Bertz CT molecular complexity index is 1240. The Hall–Kier alpha value is -2.45. The van der Waals surface area contributed by atoms with Crippen LogP contribution in [0.2, 0.25) is 0 Å². The zero-order chi connectivity index (χ0) is 51.3. The lowest BCUT2D eigenvalue weighted by Gasteiger charge is -2.34. The predicted molar refractivity (Wildman–Crippen MR) is 296 cm³/mol. The van der Waals surface area contributed by atoms with Gasteiger partial charge in [0.05, 0.1) is 40.3 Å². The second kappa shape index (κ2) is 52.9. The van der Waals surface area contributed by atoms with E-state index in [1.165, 1.54) is 199 Å². The number of likely N-dealkylation sites (N-methyl/N-ethyl adjacent to an activating group) is 1. The van der Waals surface area contributed by atoms with Crippen molar-refractivity contribution in [1.82, 2.24) is 0 Å². The Morgan fingerprint density at radius 1 is 0.443 bits per heavy atom. The molecule has 0 N–H and O–H groups in total. The molecule has 0 bridgehead atoms. The van der Waals surface area contributed by atoms with Crippen molar-refractivity contribution in [3.05, 3.63) is 36.5 Å². The van der Waals surface area contributed by atoms with Gasteiger partial charge in [-0.05, 0) is 44.9 Å². The standard InChI is InChI=1S/C62H115NO7/c1-6-8-10-12-14-16-18-20-22-24-26-28-30-32-34-36-38-40-42-44-46-48-50-52-60(64)69-57-58(56-68-55-54-59(62(66)67)63(3,4)5)70-61(65)53-51-49-47-45-43-41-39-37-35-33-31-29-27-25-23-21-19-17-15-13-11-9-7-2/h9,11,15,17,21,23,58-59H,6-8,10,12-14,16,18-20,22,24-57H2,1-5H3/b11-9+,17-15+,23-21+. The van der Waals surface area contributed by atoms with Crippen LogP contribution < -0.4 is 5.11 Å². The number of quaternary nitrogens is 1. The zero-order valence-electron chi connectivity index (χ0n) is 47.0. The van der Waals surface area contributed by atoms with Gasteiger partial charge in [-0.15, -0.1) is 0 Å². The smallest absolute Gasteiger partial charge is 0.306 e. The van der Waals surface area contributed by atoms with Crippen LogP contribution in [0.25, 0.3) is 0 Å². The summed E-state index contributed by atoms with van der Waals surface area (Å²) in [5.41, 5.74) is 0. The van der Waals surface area contributed by atoms with Gasteiger partial charge in [0.15, 0.2) is 6.10 Å². The number of unbranched alkanes of at least 4 members (excludes halogenated alkanes) is 35. The van der Waals surface area contributed by atoms with Crippen molar-refractivity contribution in [1.29, 1.82) is 0 Å². The fourth-order valence-electron chi connectivity index (χ4n) is 9.21. The van der Waals surface area contributed by atoms with Crippen LogP contribution in [-0.2, 0) is 28.6 Å². The predicted octanol–water partition coefficient (Wildman–Crippen LogP) is 16.8. The lowest BCUT2D eigenvalue weighted by atomic mass is 10.0. The average Bonchev–Trinajstić information content (AvgIpc) is 3.33. The molecule has 0 heterocycles. The van der Waals surface area contributed by atoms with Gasteiger partial charge in [-0.2, -0.15) is 0 Å². The SMILES string of the molecule is CC/C=C/C/C=C/C/C=C/CCCCCCCCCCCCCCCC(=O)OC(COCCC(C(=O)[O-])[N+](C)(C)C)COC(=O)CCCCCCCCCCCCCCCCCCCCCCCCC. The van der Waals surface area contributed by atoms with Crippen molar-refractivity contribution in [3.8, 4) is 0 Å². The first kappa shape index (κ1) is 67.5. The molecule has 0 saturated carbocycles. The topological polar surface area (TPSA) is 102 Å². The van der Waals surface area contributed by atoms with Crippen molar-refractivity contribution in [2.24, 2.45) is 0 Å². The van der Waals surface area contributed by atoms with E-state index in [0.717, 1.165) is 57.8 Å². The third-order valence-corrected chi connectivity index (χ3v) is 13.8. The molecule has 70 heavy (non-hydrogen) atoms. The van der Waals surface area contributed by atoms with Crippen LogP contribution in [0, 0.1) is 0 Å². The number of carbonyl (C=O) groups excluding carboxylic acids is 3. The molecule has 2 atom stereocenters. The van der Waals surface area contributed by atoms with Crippen LogP contribution >= 0.6 is 0 Å². The molecule has 0 aromatic rings. The largest absolute Gasteiger partial charge is 0.544 e. The van der Waals surface area contributed by atoms with Crippen LogP contribution in [0.3, 0.4) is 0 Å². The van der Waals surface area contributed by atoms with Gasteiger partial charge in [0.2, 0.25) is 0 Å². The van der Waals surface area contributed by atoms with Crippen LogP contribution in [0.15, 0.2) is 36.5 Å². The number of nitrogens with zero attached hydrogens (tertiary/aromatic N) is 1. The Labute approximate surface area is 434 Å². The van der Waals surface area contributed by atoms with E-state index in [0.29, 0.717) is 12.8 Å². The van der Waals surface area contributed by atoms with Crippen LogP contribution in [-0.4, -0.2) is 75.5 Å².